The van der Waals surface area contributed by atoms with Gasteiger partial charge in [-0.05, 0) is 87.5 Å². The summed E-state index contributed by atoms with van der Waals surface area (Å²) in [5.41, 5.74) is 1.12. The quantitative estimate of drug-likeness (QED) is 0.215. The Labute approximate surface area is 172 Å². The van der Waals surface area contributed by atoms with Crippen molar-refractivity contribution in [3.63, 3.8) is 0 Å². The van der Waals surface area contributed by atoms with Gasteiger partial charge in [-0.15, -0.1) is 0 Å². The Bertz CT molecular complexity index is 818. The monoisotopic (exact) mass is 563 g/mol. The van der Waals surface area contributed by atoms with Gasteiger partial charge in [0, 0.05) is 0 Å². The molecular formula is C18H15I2NO4. The molecule has 0 radical (unpaired) electrons. The van der Waals surface area contributed by atoms with Crippen LogP contribution in [0.4, 0.5) is 0 Å². The number of ether oxygens (including phenoxy) is 2. The number of nitrogens with zero attached hydrogens (tertiary/aromatic N) is 1. The molecule has 1 aromatic carbocycles. The molecule has 0 saturated carbocycles. The summed E-state index contributed by atoms with van der Waals surface area (Å²) < 4.78 is 18.2. The van der Waals surface area contributed by atoms with Crippen LogP contribution in [0.1, 0.15) is 31.1 Å². The molecule has 0 atom stereocenters. The largest absolute Gasteiger partial charge is 0.491 e. The van der Waals surface area contributed by atoms with E-state index in [0.717, 1.165) is 31.3 Å². The minimum Gasteiger partial charge on any atom is -0.491 e. The number of unbranched alkanes of at least 4 members (excludes halogenated alkanes) is 1. The number of furan rings is 1. The van der Waals surface area contributed by atoms with E-state index in [1.807, 2.05) is 12.1 Å². The van der Waals surface area contributed by atoms with Crippen molar-refractivity contribution in [2.45, 2.75) is 19.8 Å². The summed E-state index contributed by atoms with van der Waals surface area (Å²) in [5.74, 6) is 1.01. The Morgan fingerprint density at radius 1 is 1.28 bits per heavy atom. The van der Waals surface area contributed by atoms with Crippen molar-refractivity contribution in [2.75, 3.05) is 6.61 Å². The number of hydrogen-bond donors (Lipinski definition) is 0. The molecule has 25 heavy (non-hydrogen) atoms. The summed E-state index contributed by atoms with van der Waals surface area (Å²) in [4.78, 5) is 16.2. The molecule has 0 bridgehead atoms. The highest BCUT2D eigenvalue weighted by Crippen LogP contribution is 2.30. The van der Waals surface area contributed by atoms with Crippen LogP contribution in [0, 0.1) is 7.14 Å². The van der Waals surface area contributed by atoms with Gasteiger partial charge in [-0.25, -0.2) is 9.79 Å². The Morgan fingerprint density at radius 3 is 2.68 bits per heavy atom. The lowest BCUT2D eigenvalue weighted by atomic mass is 10.2. The molecule has 3 rings (SSSR count). The van der Waals surface area contributed by atoms with Crippen molar-refractivity contribution in [1.82, 2.24) is 0 Å². The molecule has 0 spiro atoms. The molecule has 1 aromatic heterocycles. The molecule has 1 aliphatic rings. The first kappa shape index (κ1) is 18.4. The van der Waals surface area contributed by atoms with E-state index in [4.69, 9.17) is 13.9 Å². The number of rotatable bonds is 6. The maximum Gasteiger partial charge on any atom is 0.363 e. The van der Waals surface area contributed by atoms with E-state index in [-0.39, 0.29) is 11.6 Å². The topological polar surface area (TPSA) is 61.0 Å². The van der Waals surface area contributed by atoms with Gasteiger partial charge < -0.3 is 13.9 Å². The van der Waals surface area contributed by atoms with Gasteiger partial charge in [-0.1, -0.05) is 13.3 Å². The van der Waals surface area contributed by atoms with Gasteiger partial charge in [-0.3, -0.25) is 0 Å². The number of carbonyl (C=O) groups is 1. The van der Waals surface area contributed by atoms with Crippen LogP contribution in [-0.2, 0) is 9.53 Å². The molecule has 2 aromatic rings. The molecule has 130 valence electrons. The summed E-state index contributed by atoms with van der Waals surface area (Å²) in [6, 6.07) is 7.34. The molecule has 7 heteroatoms. The van der Waals surface area contributed by atoms with E-state index in [9.17, 15) is 4.79 Å². The van der Waals surface area contributed by atoms with E-state index >= 15 is 0 Å². The number of hydrogen-bond acceptors (Lipinski definition) is 5. The summed E-state index contributed by atoms with van der Waals surface area (Å²) in [7, 11) is 0. The van der Waals surface area contributed by atoms with Gasteiger partial charge in [-0.2, -0.15) is 0 Å². The number of cyclic esters (lactones) is 1. The maximum absolute atomic E-state index is 12.0. The van der Waals surface area contributed by atoms with Crippen LogP contribution >= 0.6 is 45.2 Å². The number of carbonyl (C=O) groups excluding carboxylic acids is 1. The minimum atomic E-state index is -0.486. The second-order valence-electron chi connectivity index (χ2n) is 5.33. The molecular weight excluding hydrogens is 548 g/mol. The zero-order chi connectivity index (χ0) is 17.8. The van der Waals surface area contributed by atoms with Crippen LogP contribution in [0.3, 0.4) is 0 Å². The average molecular weight is 563 g/mol. The van der Waals surface area contributed by atoms with E-state index in [1.54, 1.807) is 18.2 Å². The Balaban J connectivity index is 1.85. The average Bonchev–Trinajstić information content (AvgIpc) is 3.21. The van der Waals surface area contributed by atoms with Crippen LogP contribution < -0.4 is 4.74 Å². The maximum atomic E-state index is 12.0. The fourth-order valence-electron chi connectivity index (χ4n) is 2.19. The van der Waals surface area contributed by atoms with Crippen molar-refractivity contribution in [3.05, 3.63) is 54.7 Å². The zero-order valence-electron chi connectivity index (χ0n) is 13.4. The molecule has 2 heterocycles. The van der Waals surface area contributed by atoms with E-state index in [0.29, 0.717) is 12.4 Å². The zero-order valence-corrected chi connectivity index (χ0v) is 17.7. The van der Waals surface area contributed by atoms with Gasteiger partial charge >= 0.3 is 5.97 Å². The van der Waals surface area contributed by atoms with Gasteiger partial charge in [0.25, 0.3) is 5.90 Å². The molecule has 1 aliphatic heterocycles. The lowest BCUT2D eigenvalue weighted by molar-refractivity contribution is -0.130. The molecule has 0 N–H and O–H groups in total. The smallest absolute Gasteiger partial charge is 0.363 e. The predicted molar refractivity (Wildman–Crippen MR) is 112 cm³/mol. The SMILES string of the molecule is CCCCOc1c(I)cc(/C=C2\N=C(c3ccco3)OC2=O)cc1I. The van der Waals surface area contributed by atoms with Crippen LogP contribution in [-0.4, -0.2) is 18.5 Å². The van der Waals surface area contributed by atoms with Crippen LogP contribution in [0.2, 0.25) is 0 Å². The van der Waals surface area contributed by atoms with Crippen LogP contribution in [0.5, 0.6) is 5.75 Å². The Hall–Kier alpha value is -1.36. The van der Waals surface area contributed by atoms with Crippen molar-refractivity contribution in [2.24, 2.45) is 4.99 Å². The highest BCUT2D eigenvalue weighted by Gasteiger charge is 2.25. The van der Waals surface area contributed by atoms with Crippen LogP contribution in [0.15, 0.2) is 45.6 Å². The lowest BCUT2D eigenvalue weighted by Gasteiger charge is -2.11. The number of aliphatic imine (C=N–C) groups is 1. The first-order chi connectivity index (χ1) is 12.1. The van der Waals surface area contributed by atoms with E-state index < -0.39 is 5.97 Å². The van der Waals surface area contributed by atoms with E-state index in [1.165, 1.54) is 6.26 Å². The number of esters is 1. The molecule has 0 fully saturated rings. The van der Waals surface area contributed by atoms with Crippen LogP contribution in [0.25, 0.3) is 6.08 Å². The van der Waals surface area contributed by atoms with Gasteiger partial charge in [0.2, 0.25) is 0 Å². The predicted octanol–water partition coefficient (Wildman–Crippen LogP) is 5.01. The Kier molecular flexibility index (Phi) is 6.15. The van der Waals surface area contributed by atoms with Gasteiger partial charge in [0.15, 0.2) is 11.5 Å². The van der Waals surface area contributed by atoms with Gasteiger partial charge in [0.1, 0.15) is 5.75 Å². The fourth-order valence-corrected chi connectivity index (χ4v) is 4.32. The molecule has 0 aliphatic carbocycles. The van der Waals surface area contributed by atoms with Crippen molar-refractivity contribution >= 4 is 63.1 Å². The molecule has 0 saturated heterocycles. The first-order valence-corrected chi connectivity index (χ1v) is 9.92. The summed E-state index contributed by atoms with van der Waals surface area (Å²) in [5, 5.41) is 0. The Morgan fingerprint density at radius 2 is 2.04 bits per heavy atom. The summed E-state index contributed by atoms with van der Waals surface area (Å²) >= 11 is 4.48. The normalized spacial score (nSPS) is 15.4. The standard InChI is InChI=1S/C18H15I2NO4/c1-2-3-6-24-16-12(19)8-11(9-13(16)20)10-14-18(22)25-17(21-14)15-5-4-7-23-15/h4-5,7-10H,2-3,6H2,1H3/b14-10-. The molecule has 5 nitrogen and oxygen atoms in total. The molecule has 0 unspecified atom stereocenters. The second-order valence-corrected chi connectivity index (χ2v) is 7.65. The molecule has 0 amide bonds. The fraction of sp³-hybridized carbons (Fsp3) is 0.222. The van der Waals surface area contributed by atoms with E-state index in [2.05, 4.69) is 57.1 Å². The number of halogens is 2. The highest BCUT2D eigenvalue weighted by atomic mass is 127. The second kappa shape index (κ2) is 8.35. The summed E-state index contributed by atoms with van der Waals surface area (Å²) in [6.07, 6.45) is 5.33. The first-order valence-electron chi connectivity index (χ1n) is 7.76. The highest BCUT2D eigenvalue weighted by molar-refractivity contribution is 14.1. The minimum absolute atomic E-state index is 0.185. The van der Waals surface area contributed by atoms with Crippen molar-refractivity contribution in [3.8, 4) is 5.75 Å². The summed E-state index contributed by atoms with van der Waals surface area (Å²) in [6.45, 7) is 2.83. The van der Waals surface area contributed by atoms with Gasteiger partial charge in [0.05, 0.1) is 20.0 Å². The number of benzene rings is 1. The third-order valence-corrected chi connectivity index (χ3v) is 5.02. The van der Waals surface area contributed by atoms with Crippen molar-refractivity contribution in [1.29, 1.82) is 0 Å². The van der Waals surface area contributed by atoms with Crippen molar-refractivity contribution < 1.29 is 18.7 Å². The third kappa shape index (κ3) is 4.43. The third-order valence-electron chi connectivity index (χ3n) is 3.42. The lowest BCUT2D eigenvalue weighted by Crippen LogP contribution is -2.04.